The monoisotopic (exact) mass is 265 g/mol. The van der Waals surface area contributed by atoms with E-state index in [1.165, 1.54) is 0 Å². The largest absolute Gasteiger partial charge is 0.395 e. The Morgan fingerprint density at radius 2 is 2.32 bits per heavy atom. The lowest BCUT2D eigenvalue weighted by atomic mass is 9.88. The summed E-state index contributed by atoms with van der Waals surface area (Å²) in [6.45, 7) is 6.36. The van der Waals surface area contributed by atoms with Crippen LogP contribution >= 0.6 is 0 Å². The summed E-state index contributed by atoms with van der Waals surface area (Å²) in [7, 11) is 0. The molecule has 1 heterocycles. The number of fused-ring (bicyclic) bond motifs is 1. The maximum atomic E-state index is 12.5. The number of nitrogens with one attached hydrogen (secondary N) is 1. The summed E-state index contributed by atoms with van der Waals surface area (Å²) < 4.78 is 0. The molecule has 0 saturated heterocycles. The van der Waals surface area contributed by atoms with E-state index in [9.17, 15) is 4.79 Å². The summed E-state index contributed by atoms with van der Waals surface area (Å²) in [6.07, 6.45) is 2.45. The van der Waals surface area contributed by atoms with Crippen LogP contribution in [0.15, 0.2) is 0 Å². The Kier molecular flexibility index (Phi) is 4.24. The smallest absolute Gasteiger partial charge is 0.226 e. The third-order valence-electron chi connectivity index (χ3n) is 3.76. The lowest BCUT2D eigenvalue weighted by molar-refractivity contribution is -0.138. The Bertz CT molecular complexity index is 454. The SMILES string of the molecule is Cc1nc2c([nH]1)CC(C(=O)N(CCO)C(C)C)CC2. The number of carbonyl (C=O) groups is 1. The summed E-state index contributed by atoms with van der Waals surface area (Å²) in [4.78, 5) is 22.0. The number of aromatic nitrogens is 2. The average molecular weight is 265 g/mol. The number of hydrogen-bond donors (Lipinski definition) is 2. The summed E-state index contributed by atoms with van der Waals surface area (Å²) in [5, 5.41) is 9.08. The van der Waals surface area contributed by atoms with Crippen LogP contribution in [-0.4, -0.2) is 45.1 Å². The van der Waals surface area contributed by atoms with Gasteiger partial charge in [0.05, 0.1) is 12.3 Å². The third kappa shape index (κ3) is 2.97. The minimum Gasteiger partial charge on any atom is -0.395 e. The van der Waals surface area contributed by atoms with Crippen molar-refractivity contribution in [1.82, 2.24) is 14.9 Å². The van der Waals surface area contributed by atoms with Gasteiger partial charge in [-0.05, 0) is 33.6 Å². The van der Waals surface area contributed by atoms with Crippen molar-refractivity contribution in [3.05, 3.63) is 17.2 Å². The Balaban J connectivity index is 2.09. The predicted molar refractivity (Wildman–Crippen MR) is 72.8 cm³/mol. The second-order valence-corrected chi connectivity index (χ2v) is 5.54. The number of hydrogen-bond acceptors (Lipinski definition) is 3. The highest BCUT2D eigenvalue weighted by Gasteiger charge is 2.30. The molecule has 0 aliphatic heterocycles. The van der Waals surface area contributed by atoms with Crippen LogP contribution in [0.25, 0.3) is 0 Å². The van der Waals surface area contributed by atoms with Crippen molar-refractivity contribution in [2.24, 2.45) is 5.92 Å². The van der Waals surface area contributed by atoms with Gasteiger partial charge in [0, 0.05) is 30.6 Å². The first-order valence-electron chi connectivity index (χ1n) is 6.98. The number of aliphatic hydroxyl groups excluding tert-OH is 1. The number of carbonyl (C=O) groups excluding carboxylic acids is 1. The van der Waals surface area contributed by atoms with Crippen molar-refractivity contribution < 1.29 is 9.90 Å². The van der Waals surface area contributed by atoms with Crippen LogP contribution in [0.3, 0.4) is 0 Å². The Morgan fingerprint density at radius 3 is 2.95 bits per heavy atom. The highest BCUT2D eigenvalue weighted by Crippen LogP contribution is 2.25. The van der Waals surface area contributed by atoms with Gasteiger partial charge < -0.3 is 15.0 Å². The van der Waals surface area contributed by atoms with Crippen molar-refractivity contribution in [3.63, 3.8) is 0 Å². The molecule has 1 unspecified atom stereocenters. The molecule has 5 nitrogen and oxygen atoms in total. The second-order valence-electron chi connectivity index (χ2n) is 5.54. The van der Waals surface area contributed by atoms with Crippen molar-refractivity contribution in [2.45, 2.75) is 46.1 Å². The highest BCUT2D eigenvalue weighted by molar-refractivity contribution is 5.79. The molecule has 0 aromatic carbocycles. The lowest BCUT2D eigenvalue weighted by Crippen LogP contribution is -2.44. The van der Waals surface area contributed by atoms with Crippen molar-refractivity contribution in [2.75, 3.05) is 13.2 Å². The molecular formula is C14H23N3O2. The molecule has 5 heteroatoms. The minimum absolute atomic E-state index is 0.0151. The zero-order chi connectivity index (χ0) is 14.0. The van der Waals surface area contributed by atoms with Gasteiger partial charge in [-0.2, -0.15) is 0 Å². The van der Waals surface area contributed by atoms with Gasteiger partial charge in [-0.1, -0.05) is 0 Å². The molecule has 0 radical (unpaired) electrons. The van der Waals surface area contributed by atoms with Crippen LogP contribution in [0.1, 0.15) is 37.5 Å². The van der Waals surface area contributed by atoms with Gasteiger partial charge in [-0.25, -0.2) is 4.98 Å². The fourth-order valence-corrected chi connectivity index (χ4v) is 2.80. The number of imidazole rings is 1. The molecule has 0 saturated carbocycles. The predicted octanol–water partition coefficient (Wildman–Crippen LogP) is 1.05. The fourth-order valence-electron chi connectivity index (χ4n) is 2.80. The first-order valence-corrected chi connectivity index (χ1v) is 6.98. The van der Waals surface area contributed by atoms with Crippen molar-refractivity contribution in [1.29, 1.82) is 0 Å². The van der Waals surface area contributed by atoms with Gasteiger partial charge in [-0.3, -0.25) is 4.79 Å². The van der Waals surface area contributed by atoms with Crippen LogP contribution in [0.2, 0.25) is 0 Å². The summed E-state index contributed by atoms with van der Waals surface area (Å²) in [5.41, 5.74) is 2.22. The number of aryl methyl sites for hydroxylation is 2. The topological polar surface area (TPSA) is 69.2 Å². The third-order valence-corrected chi connectivity index (χ3v) is 3.76. The first-order chi connectivity index (χ1) is 9.02. The minimum atomic E-state index is 0.0151. The molecule has 0 bridgehead atoms. The molecule has 1 aliphatic rings. The van der Waals surface area contributed by atoms with Gasteiger partial charge >= 0.3 is 0 Å². The molecule has 19 heavy (non-hydrogen) atoms. The van der Waals surface area contributed by atoms with E-state index in [2.05, 4.69) is 9.97 Å². The van der Waals surface area contributed by atoms with Crippen LogP contribution in [0.4, 0.5) is 0 Å². The Morgan fingerprint density at radius 1 is 1.58 bits per heavy atom. The standard InChI is InChI=1S/C14H23N3O2/c1-9(2)17(6-7-18)14(19)11-4-5-12-13(8-11)16-10(3)15-12/h9,11,18H,4-8H2,1-3H3,(H,15,16). The number of aliphatic hydroxyl groups is 1. The summed E-state index contributed by atoms with van der Waals surface area (Å²) in [5.74, 6) is 1.09. The second kappa shape index (κ2) is 5.74. The molecule has 106 valence electrons. The average Bonchev–Trinajstić information content (AvgIpc) is 2.73. The van der Waals surface area contributed by atoms with E-state index in [1.54, 1.807) is 4.90 Å². The number of amides is 1. The molecule has 2 N–H and O–H groups in total. The van der Waals surface area contributed by atoms with Gasteiger partial charge in [0.2, 0.25) is 5.91 Å². The van der Waals surface area contributed by atoms with Gasteiger partial charge in [0.25, 0.3) is 0 Å². The number of rotatable bonds is 4. The highest BCUT2D eigenvalue weighted by atomic mass is 16.3. The molecule has 1 amide bonds. The molecule has 2 rings (SSSR count). The van der Waals surface area contributed by atoms with Gasteiger partial charge in [-0.15, -0.1) is 0 Å². The first kappa shape index (κ1) is 14.1. The molecule has 1 aromatic heterocycles. The normalized spacial score (nSPS) is 18.5. The van der Waals surface area contributed by atoms with Crippen LogP contribution in [0, 0.1) is 12.8 Å². The maximum Gasteiger partial charge on any atom is 0.226 e. The van der Waals surface area contributed by atoms with Crippen molar-refractivity contribution in [3.8, 4) is 0 Å². The van der Waals surface area contributed by atoms with Crippen LogP contribution in [0.5, 0.6) is 0 Å². The van der Waals surface area contributed by atoms with E-state index in [0.717, 1.165) is 36.5 Å². The van der Waals surface area contributed by atoms with E-state index in [1.807, 2.05) is 20.8 Å². The quantitative estimate of drug-likeness (QED) is 0.855. The number of aromatic amines is 1. The van der Waals surface area contributed by atoms with E-state index in [0.29, 0.717) is 6.54 Å². The van der Waals surface area contributed by atoms with Crippen molar-refractivity contribution >= 4 is 5.91 Å². The Hall–Kier alpha value is -1.36. The van der Waals surface area contributed by atoms with E-state index >= 15 is 0 Å². The van der Waals surface area contributed by atoms with E-state index in [4.69, 9.17) is 5.11 Å². The molecule has 1 atom stereocenters. The van der Waals surface area contributed by atoms with E-state index < -0.39 is 0 Å². The zero-order valence-electron chi connectivity index (χ0n) is 11.9. The fraction of sp³-hybridized carbons (Fsp3) is 0.714. The molecule has 0 fully saturated rings. The lowest BCUT2D eigenvalue weighted by Gasteiger charge is -2.31. The van der Waals surface area contributed by atoms with Gasteiger partial charge in [0.1, 0.15) is 5.82 Å². The van der Waals surface area contributed by atoms with Crippen LogP contribution in [-0.2, 0) is 17.6 Å². The van der Waals surface area contributed by atoms with Gasteiger partial charge in [0.15, 0.2) is 0 Å². The number of nitrogens with zero attached hydrogens (tertiary/aromatic N) is 2. The zero-order valence-corrected chi connectivity index (χ0v) is 11.9. The molecular weight excluding hydrogens is 242 g/mol. The maximum absolute atomic E-state index is 12.5. The van der Waals surface area contributed by atoms with Crippen LogP contribution < -0.4 is 0 Å². The molecule has 1 aromatic rings. The molecule has 1 aliphatic carbocycles. The molecule has 0 spiro atoms. The number of H-pyrrole nitrogens is 1. The Labute approximate surface area is 114 Å². The summed E-state index contributed by atoms with van der Waals surface area (Å²) >= 11 is 0. The summed E-state index contributed by atoms with van der Waals surface area (Å²) in [6, 6.07) is 0.129. The van der Waals surface area contributed by atoms with E-state index in [-0.39, 0.29) is 24.5 Å².